The molecule has 3 nitrogen and oxygen atoms in total. The number of carbonyl (C=O) groups excluding carboxylic acids is 1. The van der Waals surface area contributed by atoms with Crippen molar-refractivity contribution in [1.82, 2.24) is 5.32 Å². The van der Waals surface area contributed by atoms with Gasteiger partial charge in [0.05, 0.1) is 11.5 Å². The van der Waals surface area contributed by atoms with Crippen molar-refractivity contribution in [3.8, 4) is 0 Å². The van der Waals surface area contributed by atoms with E-state index in [1.165, 1.54) is 24.2 Å². The molecule has 0 amide bonds. The topological polar surface area (TPSA) is 38.3 Å². The van der Waals surface area contributed by atoms with Gasteiger partial charge in [0.2, 0.25) is 0 Å². The Hall–Kier alpha value is -0.420. The van der Waals surface area contributed by atoms with Crippen LogP contribution in [0.2, 0.25) is 0 Å². The second-order valence-corrected chi connectivity index (χ2v) is 5.01. The normalized spacial score (nSPS) is 19.6. The summed E-state index contributed by atoms with van der Waals surface area (Å²) >= 11 is 1.47. The molecule has 1 N–H and O–H groups in total. The summed E-state index contributed by atoms with van der Waals surface area (Å²) in [5, 5.41) is 5.31. The van der Waals surface area contributed by atoms with E-state index in [4.69, 9.17) is 4.74 Å². The van der Waals surface area contributed by atoms with Gasteiger partial charge in [0, 0.05) is 6.04 Å². The van der Waals surface area contributed by atoms with Crippen LogP contribution in [0.1, 0.15) is 28.9 Å². The standard InChI is InChI=1S/C12H17NO2S.ClH/c14-11(12-5-3-7-16-12)9-15-8-10-4-1-2-6-13-10;/h3,5,7,10,13H,1-2,4,6,8-9H2;1H. The number of ketones is 1. The summed E-state index contributed by atoms with van der Waals surface area (Å²) in [6.07, 6.45) is 3.68. The smallest absolute Gasteiger partial charge is 0.198 e. The van der Waals surface area contributed by atoms with E-state index in [1.54, 1.807) is 0 Å². The molecule has 5 heteroatoms. The zero-order valence-corrected chi connectivity index (χ0v) is 11.3. The van der Waals surface area contributed by atoms with Gasteiger partial charge in [-0.2, -0.15) is 0 Å². The average molecular weight is 276 g/mol. The molecule has 1 unspecified atom stereocenters. The minimum atomic E-state index is 0. The SMILES string of the molecule is Cl.O=C(COCC1CCCCN1)c1cccs1. The van der Waals surface area contributed by atoms with E-state index in [2.05, 4.69) is 5.32 Å². The lowest BCUT2D eigenvalue weighted by Gasteiger charge is -2.22. The second kappa shape index (κ2) is 7.82. The quantitative estimate of drug-likeness (QED) is 0.839. The third kappa shape index (κ3) is 4.76. The van der Waals surface area contributed by atoms with Crippen LogP contribution in [0.5, 0.6) is 0 Å². The first-order chi connectivity index (χ1) is 7.86. The van der Waals surface area contributed by atoms with E-state index in [0.29, 0.717) is 12.6 Å². The fraction of sp³-hybridized carbons (Fsp3) is 0.583. The maximum atomic E-state index is 11.6. The monoisotopic (exact) mass is 275 g/mol. The van der Waals surface area contributed by atoms with Gasteiger partial charge < -0.3 is 10.1 Å². The van der Waals surface area contributed by atoms with Crippen molar-refractivity contribution in [2.45, 2.75) is 25.3 Å². The first-order valence-electron chi connectivity index (χ1n) is 5.74. The molecule has 1 atom stereocenters. The summed E-state index contributed by atoms with van der Waals surface area (Å²) in [6, 6.07) is 4.17. The molecular weight excluding hydrogens is 258 g/mol. The molecule has 1 saturated heterocycles. The lowest BCUT2D eigenvalue weighted by molar-refractivity contribution is 0.0695. The Balaban J connectivity index is 0.00000144. The van der Waals surface area contributed by atoms with Gasteiger partial charge >= 0.3 is 0 Å². The van der Waals surface area contributed by atoms with Gasteiger partial charge in [0.15, 0.2) is 5.78 Å². The fourth-order valence-corrected chi connectivity index (χ4v) is 2.52. The third-order valence-electron chi connectivity index (χ3n) is 2.76. The Morgan fingerprint density at radius 3 is 3.06 bits per heavy atom. The molecule has 0 aliphatic carbocycles. The Morgan fingerprint density at radius 2 is 2.41 bits per heavy atom. The van der Waals surface area contributed by atoms with Crippen molar-refractivity contribution >= 4 is 29.5 Å². The van der Waals surface area contributed by atoms with Crippen molar-refractivity contribution < 1.29 is 9.53 Å². The zero-order valence-electron chi connectivity index (χ0n) is 9.69. The van der Waals surface area contributed by atoms with Crippen LogP contribution >= 0.6 is 23.7 Å². The molecule has 1 aromatic rings. The summed E-state index contributed by atoms with van der Waals surface area (Å²) < 4.78 is 5.45. The van der Waals surface area contributed by atoms with E-state index in [-0.39, 0.29) is 24.8 Å². The summed E-state index contributed by atoms with van der Waals surface area (Å²) in [4.78, 5) is 12.4. The van der Waals surface area contributed by atoms with Gasteiger partial charge in [0.25, 0.3) is 0 Å². The molecule has 1 aliphatic heterocycles. The number of nitrogens with one attached hydrogen (secondary N) is 1. The van der Waals surface area contributed by atoms with Crippen molar-refractivity contribution in [2.75, 3.05) is 19.8 Å². The van der Waals surface area contributed by atoms with Crippen molar-refractivity contribution in [3.63, 3.8) is 0 Å². The average Bonchev–Trinajstić information content (AvgIpc) is 2.84. The first kappa shape index (κ1) is 14.6. The number of carbonyl (C=O) groups is 1. The molecule has 0 saturated carbocycles. The largest absolute Gasteiger partial charge is 0.372 e. The molecule has 2 heterocycles. The molecule has 1 fully saturated rings. The van der Waals surface area contributed by atoms with Crippen LogP contribution in [0.15, 0.2) is 17.5 Å². The van der Waals surface area contributed by atoms with Gasteiger partial charge in [-0.05, 0) is 30.8 Å². The van der Waals surface area contributed by atoms with E-state index >= 15 is 0 Å². The predicted molar refractivity (Wildman–Crippen MR) is 72.4 cm³/mol. The first-order valence-corrected chi connectivity index (χ1v) is 6.62. The molecular formula is C12H18ClNO2S. The zero-order chi connectivity index (χ0) is 11.2. The van der Waals surface area contributed by atoms with Crippen LogP contribution in [0, 0.1) is 0 Å². The number of halogens is 1. The molecule has 0 spiro atoms. The van der Waals surface area contributed by atoms with Gasteiger partial charge in [-0.25, -0.2) is 0 Å². The van der Waals surface area contributed by atoms with Crippen LogP contribution in [-0.4, -0.2) is 31.6 Å². The Bertz CT molecular complexity index is 323. The summed E-state index contributed by atoms with van der Waals surface area (Å²) in [5.41, 5.74) is 0. The number of hydrogen-bond donors (Lipinski definition) is 1. The van der Waals surface area contributed by atoms with Gasteiger partial charge in [-0.1, -0.05) is 12.5 Å². The van der Waals surface area contributed by atoms with Crippen LogP contribution in [-0.2, 0) is 4.74 Å². The highest BCUT2D eigenvalue weighted by molar-refractivity contribution is 7.12. The number of thiophene rings is 1. The van der Waals surface area contributed by atoms with Crippen LogP contribution in [0.4, 0.5) is 0 Å². The van der Waals surface area contributed by atoms with Crippen LogP contribution in [0.25, 0.3) is 0 Å². The van der Waals surface area contributed by atoms with E-state index in [0.717, 1.165) is 17.8 Å². The van der Waals surface area contributed by atoms with Crippen molar-refractivity contribution in [1.29, 1.82) is 0 Å². The number of Topliss-reactive ketones (excluding diaryl/α,β-unsaturated/α-hetero) is 1. The molecule has 0 aromatic carbocycles. The van der Waals surface area contributed by atoms with Crippen molar-refractivity contribution in [3.05, 3.63) is 22.4 Å². The minimum Gasteiger partial charge on any atom is -0.372 e. The predicted octanol–water partition coefficient (Wildman–Crippen LogP) is 2.51. The molecule has 2 rings (SSSR count). The maximum absolute atomic E-state index is 11.6. The number of ether oxygens (including phenoxy) is 1. The van der Waals surface area contributed by atoms with Crippen LogP contribution < -0.4 is 5.32 Å². The number of piperidine rings is 1. The number of hydrogen-bond acceptors (Lipinski definition) is 4. The highest BCUT2D eigenvalue weighted by Crippen LogP contribution is 2.10. The van der Waals surface area contributed by atoms with Gasteiger partial charge in [-0.3, -0.25) is 4.79 Å². The lowest BCUT2D eigenvalue weighted by atomic mass is 10.1. The second-order valence-electron chi connectivity index (χ2n) is 4.06. The molecule has 96 valence electrons. The Labute approximate surface area is 112 Å². The fourth-order valence-electron chi connectivity index (χ4n) is 1.87. The minimum absolute atomic E-state index is 0. The maximum Gasteiger partial charge on any atom is 0.198 e. The summed E-state index contributed by atoms with van der Waals surface area (Å²) in [7, 11) is 0. The summed E-state index contributed by atoms with van der Waals surface area (Å²) in [5.74, 6) is 0.0887. The van der Waals surface area contributed by atoms with Gasteiger partial charge in [0.1, 0.15) is 6.61 Å². The van der Waals surface area contributed by atoms with Crippen LogP contribution in [0.3, 0.4) is 0 Å². The molecule has 1 aliphatic rings. The number of rotatable bonds is 5. The molecule has 17 heavy (non-hydrogen) atoms. The summed E-state index contributed by atoms with van der Waals surface area (Å²) in [6.45, 7) is 1.93. The highest BCUT2D eigenvalue weighted by atomic mass is 35.5. The molecule has 1 aromatic heterocycles. The van der Waals surface area contributed by atoms with Crippen molar-refractivity contribution in [2.24, 2.45) is 0 Å². The highest BCUT2D eigenvalue weighted by Gasteiger charge is 2.13. The van der Waals surface area contributed by atoms with E-state index in [9.17, 15) is 4.79 Å². The Kier molecular flexibility index (Phi) is 6.73. The lowest BCUT2D eigenvalue weighted by Crippen LogP contribution is -2.38. The van der Waals surface area contributed by atoms with E-state index < -0.39 is 0 Å². The molecule has 0 bridgehead atoms. The third-order valence-corrected chi connectivity index (χ3v) is 3.67. The van der Waals surface area contributed by atoms with E-state index in [1.807, 2.05) is 17.5 Å². The Morgan fingerprint density at radius 1 is 1.53 bits per heavy atom. The molecule has 0 radical (unpaired) electrons. The van der Waals surface area contributed by atoms with Gasteiger partial charge in [-0.15, -0.1) is 23.7 Å².